The van der Waals surface area contributed by atoms with Crippen LogP contribution < -0.4 is 5.73 Å². The van der Waals surface area contributed by atoms with Gasteiger partial charge in [-0.1, -0.05) is 5.16 Å². The first kappa shape index (κ1) is 9.21. The van der Waals surface area contributed by atoms with Gasteiger partial charge < -0.3 is 15.2 Å². The van der Waals surface area contributed by atoms with Gasteiger partial charge in [0.15, 0.2) is 0 Å². The summed E-state index contributed by atoms with van der Waals surface area (Å²) in [5.41, 5.74) is 5.74. The van der Waals surface area contributed by atoms with Gasteiger partial charge in [0, 0.05) is 25.2 Å². The van der Waals surface area contributed by atoms with Crippen LogP contribution in [-0.2, 0) is 0 Å². The molecule has 0 radical (unpaired) electrons. The average molecular weight is 195 g/mol. The Kier molecular flexibility index (Phi) is 2.49. The molecule has 5 nitrogen and oxygen atoms in total. The van der Waals surface area contributed by atoms with E-state index < -0.39 is 0 Å². The van der Waals surface area contributed by atoms with Crippen LogP contribution in [0.15, 0.2) is 16.8 Å². The molecule has 1 fully saturated rings. The normalized spacial score (nSPS) is 18.5. The number of nitrogens with zero attached hydrogens (tertiary/aromatic N) is 2. The molecular weight excluding hydrogens is 182 g/mol. The molecule has 1 aromatic rings. The molecule has 5 heteroatoms. The van der Waals surface area contributed by atoms with Gasteiger partial charge in [0.25, 0.3) is 5.91 Å². The highest BCUT2D eigenvalue weighted by atomic mass is 16.5. The minimum absolute atomic E-state index is 0.0885. The number of rotatable bonds is 1. The Morgan fingerprint density at radius 2 is 2.29 bits per heavy atom. The molecule has 2 heterocycles. The Morgan fingerprint density at radius 1 is 1.57 bits per heavy atom. The Morgan fingerprint density at radius 3 is 2.86 bits per heavy atom. The van der Waals surface area contributed by atoms with Gasteiger partial charge in [0.2, 0.25) is 5.76 Å². The Hall–Kier alpha value is -1.36. The lowest BCUT2D eigenvalue weighted by Crippen LogP contribution is -2.42. The van der Waals surface area contributed by atoms with E-state index in [1.54, 1.807) is 11.0 Å². The molecule has 14 heavy (non-hydrogen) atoms. The van der Waals surface area contributed by atoms with E-state index in [2.05, 4.69) is 5.16 Å². The third-order valence-corrected chi connectivity index (χ3v) is 2.48. The fourth-order valence-corrected chi connectivity index (χ4v) is 1.58. The highest BCUT2D eigenvalue weighted by Gasteiger charge is 2.23. The largest absolute Gasteiger partial charge is 0.351 e. The lowest BCUT2D eigenvalue weighted by atomic mass is 10.1. The van der Waals surface area contributed by atoms with Crippen LogP contribution in [0.2, 0.25) is 0 Å². The summed E-state index contributed by atoms with van der Waals surface area (Å²) in [6, 6.07) is 1.81. The summed E-state index contributed by atoms with van der Waals surface area (Å²) in [5.74, 6) is 0.217. The molecule has 0 aliphatic carbocycles. The average Bonchev–Trinajstić information content (AvgIpc) is 2.71. The molecule has 1 saturated heterocycles. The number of hydrogen-bond acceptors (Lipinski definition) is 4. The fourth-order valence-electron chi connectivity index (χ4n) is 1.58. The first-order valence-electron chi connectivity index (χ1n) is 4.73. The van der Waals surface area contributed by atoms with E-state index >= 15 is 0 Å². The summed E-state index contributed by atoms with van der Waals surface area (Å²) in [4.78, 5) is 13.5. The molecular formula is C9H13N3O2. The molecule has 0 bridgehead atoms. The van der Waals surface area contributed by atoms with Gasteiger partial charge in [-0.25, -0.2) is 0 Å². The first-order chi connectivity index (χ1) is 6.77. The predicted octanol–water partition coefficient (Wildman–Crippen LogP) is 0.238. The van der Waals surface area contributed by atoms with Gasteiger partial charge in [0.1, 0.15) is 0 Å². The van der Waals surface area contributed by atoms with Crippen molar-refractivity contribution in [2.75, 3.05) is 13.1 Å². The van der Waals surface area contributed by atoms with Gasteiger partial charge in [-0.3, -0.25) is 4.79 Å². The third kappa shape index (κ3) is 1.77. The molecule has 76 valence electrons. The Balaban J connectivity index is 1.99. The lowest BCUT2D eigenvalue weighted by molar-refractivity contribution is 0.0672. The van der Waals surface area contributed by atoms with Crippen LogP contribution in [-0.4, -0.2) is 35.1 Å². The SMILES string of the molecule is NC1CCN(C(=O)c2ccno2)CC1. The van der Waals surface area contributed by atoms with E-state index in [0.29, 0.717) is 18.8 Å². The Labute approximate surface area is 81.8 Å². The van der Waals surface area contributed by atoms with Crippen LogP contribution >= 0.6 is 0 Å². The highest BCUT2D eigenvalue weighted by molar-refractivity contribution is 5.91. The molecule has 1 aliphatic heterocycles. The second-order valence-electron chi connectivity index (χ2n) is 3.51. The number of aromatic nitrogens is 1. The third-order valence-electron chi connectivity index (χ3n) is 2.48. The number of hydrogen-bond donors (Lipinski definition) is 1. The maximum atomic E-state index is 11.7. The van der Waals surface area contributed by atoms with Crippen LogP contribution in [0, 0.1) is 0 Å². The number of nitrogens with two attached hydrogens (primary N) is 1. The smallest absolute Gasteiger partial charge is 0.292 e. The van der Waals surface area contributed by atoms with E-state index in [9.17, 15) is 4.79 Å². The number of carbonyl (C=O) groups is 1. The zero-order chi connectivity index (χ0) is 9.97. The zero-order valence-corrected chi connectivity index (χ0v) is 7.85. The number of piperidine rings is 1. The van der Waals surface area contributed by atoms with Crippen molar-refractivity contribution in [1.82, 2.24) is 10.1 Å². The number of amides is 1. The van der Waals surface area contributed by atoms with Crippen molar-refractivity contribution in [3.63, 3.8) is 0 Å². The summed E-state index contributed by atoms with van der Waals surface area (Å²) in [6.07, 6.45) is 3.20. The van der Waals surface area contributed by atoms with E-state index in [4.69, 9.17) is 10.3 Å². The van der Waals surface area contributed by atoms with Crippen LogP contribution in [0.3, 0.4) is 0 Å². The second-order valence-corrected chi connectivity index (χ2v) is 3.51. The number of carbonyl (C=O) groups excluding carboxylic acids is 1. The van der Waals surface area contributed by atoms with Crippen molar-refractivity contribution in [3.8, 4) is 0 Å². The lowest BCUT2D eigenvalue weighted by Gasteiger charge is -2.29. The minimum Gasteiger partial charge on any atom is -0.351 e. The summed E-state index contributed by atoms with van der Waals surface area (Å²) < 4.78 is 4.80. The van der Waals surface area contributed by atoms with Gasteiger partial charge in [-0.05, 0) is 12.8 Å². The van der Waals surface area contributed by atoms with Crippen molar-refractivity contribution >= 4 is 5.91 Å². The zero-order valence-electron chi connectivity index (χ0n) is 7.85. The molecule has 1 aliphatic rings. The van der Waals surface area contributed by atoms with Gasteiger partial charge in [-0.2, -0.15) is 0 Å². The summed E-state index contributed by atoms with van der Waals surface area (Å²) in [7, 11) is 0. The predicted molar refractivity (Wildman–Crippen MR) is 49.6 cm³/mol. The quantitative estimate of drug-likeness (QED) is 0.696. The van der Waals surface area contributed by atoms with E-state index in [-0.39, 0.29) is 11.9 Å². The van der Waals surface area contributed by atoms with Crippen LogP contribution in [0.4, 0.5) is 0 Å². The van der Waals surface area contributed by atoms with E-state index in [1.807, 2.05) is 0 Å². The molecule has 2 rings (SSSR count). The minimum atomic E-state index is -0.0885. The summed E-state index contributed by atoms with van der Waals surface area (Å²) in [6.45, 7) is 1.42. The molecule has 1 aromatic heterocycles. The molecule has 0 aromatic carbocycles. The molecule has 0 atom stereocenters. The molecule has 2 N–H and O–H groups in total. The van der Waals surface area contributed by atoms with Crippen LogP contribution in [0.5, 0.6) is 0 Å². The van der Waals surface area contributed by atoms with Crippen molar-refractivity contribution in [2.24, 2.45) is 5.73 Å². The van der Waals surface area contributed by atoms with Gasteiger partial charge in [-0.15, -0.1) is 0 Å². The maximum absolute atomic E-state index is 11.7. The highest BCUT2D eigenvalue weighted by Crippen LogP contribution is 2.11. The van der Waals surface area contributed by atoms with Crippen LogP contribution in [0.25, 0.3) is 0 Å². The maximum Gasteiger partial charge on any atom is 0.292 e. The second kappa shape index (κ2) is 3.79. The van der Waals surface area contributed by atoms with Crippen molar-refractivity contribution < 1.29 is 9.32 Å². The molecule has 0 unspecified atom stereocenters. The fraction of sp³-hybridized carbons (Fsp3) is 0.556. The van der Waals surface area contributed by atoms with Crippen LogP contribution in [0.1, 0.15) is 23.4 Å². The standard InChI is InChI=1S/C9H13N3O2/c10-7-2-5-12(6-3-7)9(13)8-1-4-11-14-8/h1,4,7H,2-3,5-6,10H2. The number of likely N-dealkylation sites (tertiary alicyclic amines) is 1. The van der Waals surface area contributed by atoms with Gasteiger partial charge >= 0.3 is 0 Å². The van der Waals surface area contributed by atoms with Crippen molar-refractivity contribution in [2.45, 2.75) is 18.9 Å². The van der Waals surface area contributed by atoms with Gasteiger partial charge in [0.05, 0.1) is 6.20 Å². The molecule has 0 saturated carbocycles. The Bertz CT molecular complexity index is 302. The van der Waals surface area contributed by atoms with Crippen molar-refractivity contribution in [3.05, 3.63) is 18.0 Å². The molecule has 1 amide bonds. The van der Waals surface area contributed by atoms with E-state index in [1.165, 1.54) is 6.20 Å². The van der Waals surface area contributed by atoms with E-state index in [0.717, 1.165) is 12.8 Å². The first-order valence-corrected chi connectivity index (χ1v) is 4.73. The summed E-state index contributed by atoms with van der Waals surface area (Å²) >= 11 is 0. The molecule has 0 spiro atoms. The van der Waals surface area contributed by atoms with Crippen molar-refractivity contribution in [1.29, 1.82) is 0 Å². The topological polar surface area (TPSA) is 72.4 Å². The summed E-state index contributed by atoms with van der Waals surface area (Å²) in [5, 5.41) is 3.51. The monoisotopic (exact) mass is 195 g/mol.